The van der Waals surface area contributed by atoms with Crippen molar-refractivity contribution in [2.75, 3.05) is 6.16 Å². The molecule has 0 N–H and O–H groups in total. The van der Waals surface area contributed by atoms with Gasteiger partial charge in [-0.1, -0.05) is 115 Å². The van der Waals surface area contributed by atoms with Gasteiger partial charge in [0.15, 0.2) is 16.6 Å². The third-order valence-electron chi connectivity index (χ3n) is 9.18. The maximum absolute atomic E-state index is 14.7. The summed E-state index contributed by atoms with van der Waals surface area (Å²) >= 11 is 0. The van der Waals surface area contributed by atoms with Crippen LogP contribution in [0.5, 0.6) is 0 Å². The number of rotatable bonds is 8. The molecule has 1 saturated carbocycles. The Bertz CT molecular complexity index is 1160. The largest absolute Gasteiger partial charge is 0.413 e. The van der Waals surface area contributed by atoms with Crippen LogP contribution in [-0.2, 0) is 13.4 Å². The molecule has 0 bridgehead atoms. The zero-order chi connectivity index (χ0) is 29.3. The molecular weight excluding hydrogens is 532 g/mol. The van der Waals surface area contributed by atoms with Gasteiger partial charge in [0, 0.05) is 23.2 Å². The Hall–Kier alpha value is -1.50. The second kappa shape index (κ2) is 11.8. The lowest BCUT2D eigenvalue weighted by molar-refractivity contribution is 0.0969. The topological polar surface area (TPSA) is 35.5 Å². The van der Waals surface area contributed by atoms with Crippen molar-refractivity contribution in [2.45, 2.75) is 103 Å². The Morgan fingerprint density at radius 3 is 1.69 bits per heavy atom. The monoisotopic (exact) mass is 582 g/mol. The average molecular weight is 583 g/mol. The number of hydrogen-bond donors (Lipinski definition) is 0. The van der Waals surface area contributed by atoms with Gasteiger partial charge in [0.05, 0.1) is 12.2 Å². The molecule has 2 unspecified atom stereocenters. The van der Waals surface area contributed by atoms with Crippen LogP contribution >= 0.6 is 7.14 Å². The number of benzene rings is 2. The molecule has 6 heteroatoms. The van der Waals surface area contributed by atoms with E-state index in [9.17, 15) is 4.57 Å². The quantitative estimate of drug-likeness (QED) is 0.230. The summed E-state index contributed by atoms with van der Waals surface area (Å²) in [6.45, 7) is 27.5. The van der Waals surface area contributed by atoms with Crippen molar-refractivity contribution in [2.24, 2.45) is 0 Å². The van der Waals surface area contributed by atoms with Gasteiger partial charge in [-0.05, 0) is 53.8 Å². The van der Waals surface area contributed by atoms with Crippen molar-refractivity contribution in [1.29, 1.82) is 0 Å². The molecule has 0 aliphatic heterocycles. The summed E-state index contributed by atoms with van der Waals surface area (Å²) in [7, 11) is -6.90. The lowest BCUT2D eigenvalue weighted by Gasteiger charge is -2.45. The van der Waals surface area contributed by atoms with Gasteiger partial charge in [-0.3, -0.25) is 0 Å². The average Bonchev–Trinajstić information content (AvgIpc) is 2.84. The molecule has 1 fully saturated rings. The number of hydrogen-bond acceptors (Lipinski definition) is 3. The lowest BCUT2D eigenvalue weighted by atomic mass is 9.86. The van der Waals surface area contributed by atoms with Crippen LogP contribution in [0, 0.1) is 0 Å². The summed E-state index contributed by atoms with van der Waals surface area (Å²) in [5, 5.41) is 1.99. The highest BCUT2D eigenvalue weighted by Gasteiger charge is 2.44. The fraction of sp³-hybridized carbons (Fsp3) is 0.515. The Kier molecular flexibility index (Phi) is 9.67. The van der Waals surface area contributed by atoms with E-state index in [-0.39, 0.29) is 22.3 Å². The molecule has 2 aromatic rings. The molecular formula is C33H51O3PSi2. The van der Waals surface area contributed by atoms with E-state index >= 15 is 0 Å². The van der Waals surface area contributed by atoms with Crippen molar-refractivity contribution < 1.29 is 13.4 Å². The summed E-state index contributed by atoms with van der Waals surface area (Å²) in [6.07, 6.45) is 4.22. The Labute approximate surface area is 240 Å². The summed E-state index contributed by atoms with van der Waals surface area (Å²) in [6, 6.07) is 19.8. The Morgan fingerprint density at radius 2 is 1.26 bits per heavy atom. The summed E-state index contributed by atoms with van der Waals surface area (Å²) < 4.78 is 28.7. The molecule has 0 amide bonds. The fourth-order valence-electron chi connectivity index (χ4n) is 4.53. The smallest absolute Gasteiger partial charge is 0.192 e. The minimum atomic E-state index is -2.87. The van der Waals surface area contributed by atoms with Gasteiger partial charge in [0.25, 0.3) is 0 Å². The van der Waals surface area contributed by atoms with E-state index in [4.69, 9.17) is 8.85 Å². The van der Waals surface area contributed by atoms with Gasteiger partial charge in [0.2, 0.25) is 0 Å². The molecule has 39 heavy (non-hydrogen) atoms. The zero-order valence-electron chi connectivity index (χ0n) is 26.0. The second-order valence-electron chi connectivity index (χ2n) is 14.2. The van der Waals surface area contributed by atoms with Gasteiger partial charge < -0.3 is 13.4 Å². The zero-order valence-corrected chi connectivity index (χ0v) is 28.9. The predicted molar refractivity (Wildman–Crippen MR) is 175 cm³/mol. The minimum absolute atomic E-state index is 0.0604. The molecule has 0 aromatic heterocycles. The van der Waals surface area contributed by atoms with Crippen LogP contribution in [0.25, 0.3) is 0 Å². The Balaban J connectivity index is 2.01. The lowest BCUT2D eigenvalue weighted by Crippen LogP contribution is -2.49. The van der Waals surface area contributed by atoms with Gasteiger partial charge in [-0.25, -0.2) is 0 Å². The SMILES string of the molecule is C=C1C(=CCP(=O)(c2ccccc2)c2ccccc2)CC(O[Si](C)(C)C(C)(C)C)CC1O[Si](C)(C)C(C)(C)C. The third kappa shape index (κ3) is 7.43. The van der Waals surface area contributed by atoms with Gasteiger partial charge in [-0.15, -0.1) is 0 Å². The van der Waals surface area contributed by atoms with Crippen LogP contribution in [0.1, 0.15) is 54.4 Å². The highest BCUT2D eigenvalue weighted by Crippen LogP contribution is 2.47. The molecule has 0 radical (unpaired) electrons. The van der Waals surface area contributed by atoms with Crippen LogP contribution in [0.15, 0.2) is 84.5 Å². The first kappa shape index (κ1) is 32.0. The van der Waals surface area contributed by atoms with Crippen molar-refractivity contribution >= 4 is 34.4 Å². The van der Waals surface area contributed by atoms with E-state index in [1.165, 1.54) is 0 Å². The van der Waals surface area contributed by atoms with Crippen molar-refractivity contribution in [1.82, 2.24) is 0 Å². The first-order valence-electron chi connectivity index (χ1n) is 14.3. The van der Waals surface area contributed by atoms with Crippen molar-refractivity contribution in [3.8, 4) is 0 Å². The summed E-state index contributed by atoms with van der Waals surface area (Å²) in [5.41, 5.74) is 2.17. The normalized spacial score (nSPS) is 20.9. The molecule has 3 rings (SSSR count). The van der Waals surface area contributed by atoms with Crippen LogP contribution < -0.4 is 10.6 Å². The van der Waals surface area contributed by atoms with Gasteiger partial charge in [0.1, 0.15) is 7.14 Å². The van der Waals surface area contributed by atoms with Gasteiger partial charge >= 0.3 is 0 Å². The maximum atomic E-state index is 14.7. The van der Waals surface area contributed by atoms with E-state index in [2.05, 4.69) is 80.4 Å². The molecule has 1 aliphatic carbocycles. The van der Waals surface area contributed by atoms with Crippen molar-refractivity contribution in [3.63, 3.8) is 0 Å². The van der Waals surface area contributed by atoms with Crippen LogP contribution in [-0.4, -0.2) is 35.0 Å². The van der Waals surface area contributed by atoms with E-state index < -0.39 is 23.8 Å². The van der Waals surface area contributed by atoms with E-state index in [1.807, 2.05) is 60.7 Å². The molecule has 0 spiro atoms. The molecule has 0 saturated heterocycles. The fourth-order valence-corrected chi connectivity index (χ4v) is 9.71. The number of allylic oxidation sites excluding steroid dienone is 1. The molecule has 1 aliphatic rings. The standard InChI is InChI=1S/C33H51O3PSi2/c1-26-27(22-23-37(34,29-18-14-12-15-19-29)30-20-16-13-17-21-30)24-28(35-38(8,9)32(2,3)4)25-31(26)36-39(10,11)33(5,6)7/h12-22,28,31H,1,23-25H2,2-11H3. The van der Waals surface area contributed by atoms with Crippen LogP contribution in [0.2, 0.25) is 36.3 Å². The van der Waals surface area contributed by atoms with E-state index in [0.717, 1.165) is 34.6 Å². The first-order valence-corrected chi connectivity index (χ1v) is 22.0. The maximum Gasteiger partial charge on any atom is 0.192 e. The van der Waals surface area contributed by atoms with E-state index in [0.29, 0.717) is 6.16 Å². The molecule has 2 aromatic carbocycles. The summed E-state index contributed by atoms with van der Waals surface area (Å²) in [4.78, 5) is 0. The molecule has 0 heterocycles. The predicted octanol–water partition coefficient (Wildman–Crippen LogP) is 9.06. The molecule has 3 nitrogen and oxygen atoms in total. The molecule has 214 valence electrons. The molecule has 2 atom stereocenters. The highest BCUT2D eigenvalue weighted by atomic mass is 31.2. The van der Waals surface area contributed by atoms with Crippen LogP contribution in [0.3, 0.4) is 0 Å². The second-order valence-corrected chi connectivity index (χ2v) is 26.5. The third-order valence-corrected chi connectivity index (χ3v) is 21.2. The Morgan fingerprint density at radius 1 is 0.821 bits per heavy atom. The van der Waals surface area contributed by atoms with Gasteiger partial charge in [-0.2, -0.15) is 0 Å². The van der Waals surface area contributed by atoms with E-state index in [1.54, 1.807) is 0 Å². The minimum Gasteiger partial charge on any atom is -0.413 e. The van der Waals surface area contributed by atoms with Crippen LogP contribution in [0.4, 0.5) is 0 Å². The highest BCUT2D eigenvalue weighted by molar-refractivity contribution is 7.78. The first-order chi connectivity index (χ1) is 17.9. The summed E-state index contributed by atoms with van der Waals surface area (Å²) in [5.74, 6) is 0. The van der Waals surface area contributed by atoms with Crippen molar-refractivity contribution in [3.05, 3.63) is 84.5 Å².